The van der Waals surface area contributed by atoms with Crippen molar-refractivity contribution in [2.24, 2.45) is 0 Å². The molecule has 82 valence electrons. The Bertz CT molecular complexity index is 379. The summed E-state index contributed by atoms with van der Waals surface area (Å²) >= 11 is 14.1. The van der Waals surface area contributed by atoms with Crippen molar-refractivity contribution in [1.82, 2.24) is 5.32 Å². The molecule has 4 heteroatoms. The van der Waals surface area contributed by atoms with Crippen molar-refractivity contribution in [3.05, 3.63) is 27.7 Å². The number of nitrogens with one attached hydrogen (secondary N) is 1. The summed E-state index contributed by atoms with van der Waals surface area (Å²) in [6, 6.07) is 4.53. The highest BCUT2D eigenvalue weighted by Gasteiger charge is 2.27. The first kappa shape index (κ1) is 11.6. The van der Waals surface area contributed by atoms with Crippen LogP contribution in [0, 0.1) is 0 Å². The molecule has 1 aliphatic rings. The molecular formula is C11H13Cl2NS. The number of hydrogen-bond acceptors (Lipinski definition) is 2. The maximum atomic E-state index is 6.21. The number of fused-ring (bicyclic) bond motifs is 1. The van der Waals surface area contributed by atoms with E-state index >= 15 is 0 Å². The van der Waals surface area contributed by atoms with Crippen LogP contribution in [0.2, 0.25) is 10.0 Å². The normalized spacial score (nSPS) is 19.7. The van der Waals surface area contributed by atoms with Crippen LogP contribution >= 0.6 is 35.0 Å². The van der Waals surface area contributed by atoms with E-state index < -0.39 is 0 Å². The lowest BCUT2D eigenvalue weighted by atomic mass is 10.1. The van der Waals surface area contributed by atoms with E-state index in [9.17, 15) is 0 Å². The van der Waals surface area contributed by atoms with Gasteiger partial charge in [0.2, 0.25) is 0 Å². The van der Waals surface area contributed by atoms with Crippen LogP contribution in [-0.2, 0) is 0 Å². The lowest BCUT2D eigenvalue weighted by molar-refractivity contribution is 0.513. The molecule has 0 saturated carbocycles. The second-order valence-electron chi connectivity index (χ2n) is 3.96. The van der Waals surface area contributed by atoms with Gasteiger partial charge < -0.3 is 5.32 Å². The minimum absolute atomic E-state index is 0.330. The second kappa shape index (κ2) is 4.54. The van der Waals surface area contributed by atoms with Crippen molar-refractivity contribution >= 4 is 35.0 Å². The van der Waals surface area contributed by atoms with E-state index in [1.807, 2.05) is 12.1 Å². The molecule has 0 aliphatic carbocycles. The fourth-order valence-corrected chi connectivity index (χ4v) is 3.69. The van der Waals surface area contributed by atoms with Gasteiger partial charge in [0.1, 0.15) is 0 Å². The van der Waals surface area contributed by atoms with E-state index in [0.717, 1.165) is 20.7 Å². The van der Waals surface area contributed by atoms with E-state index in [0.29, 0.717) is 12.1 Å². The summed E-state index contributed by atoms with van der Waals surface area (Å²) in [4.78, 5) is 1.14. The Balaban J connectivity index is 2.37. The van der Waals surface area contributed by atoms with Gasteiger partial charge in [0.15, 0.2) is 0 Å². The molecule has 1 N–H and O–H groups in total. The van der Waals surface area contributed by atoms with Gasteiger partial charge in [-0.2, -0.15) is 0 Å². The van der Waals surface area contributed by atoms with Crippen LogP contribution in [0.15, 0.2) is 17.0 Å². The van der Waals surface area contributed by atoms with Gasteiger partial charge in [0.25, 0.3) is 0 Å². The maximum Gasteiger partial charge on any atom is 0.0546 e. The lowest BCUT2D eigenvalue weighted by Crippen LogP contribution is -2.28. The van der Waals surface area contributed by atoms with Gasteiger partial charge in [-0.3, -0.25) is 0 Å². The molecule has 1 atom stereocenters. The number of thioether (sulfide) groups is 1. The summed E-state index contributed by atoms with van der Waals surface area (Å²) < 4.78 is 0. The highest BCUT2D eigenvalue weighted by molar-refractivity contribution is 7.99. The molecule has 0 saturated heterocycles. The van der Waals surface area contributed by atoms with E-state index in [1.165, 1.54) is 5.56 Å². The van der Waals surface area contributed by atoms with Crippen LogP contribution in [0.25, 0.3) is 0 Å². The fourth-order valence-electron chi connectivity index (χ4n) is 1.80. The summed E-state index contributed by atoms with van der Waals surface area (Å²) in [5.41, 5.74) is 1.17. The average Bonchev–Trinajstić information content (AvgIpc) is 2.56. The van der Waals surface area contributed by atoms with Gasteiger partial charge in [-0.05, 0) is 12.1 Å². The second-order valence-corrected chi connectivity index (χ2v) is 5.80. The monoisotopic (exact) mass is 261 g/mol. The molecule has 0 spiro atoms. The molecule has 0 bridgehead atoms. The lowest BCUT2D eigenvalue weighted by Gasteiger charge is -2.17. The van der Waals surface area contributed by atoms with E-state index in [2.05, 4.69) is 19.2 Å². The predicted molar refractivity (Wildman–Crippen MR) is 68.2 cm³/mol. The summed E-state index contributed by atoms with van der Waals surface area (Å²) in [7, 11) is 0. The summed E-state index contributed by atoms with van der Waals surface area (Å²) in [5.74, 6) is 1.01. The third-order valence-electron chi connectivity index (χ3n) is 2.37. The zero-order valence-electron chi connectivity index (χ0n) is 8.68. The van der Waals surface area contributed by atoms with E-state index in [-0.39, 0.29) is 0 Å². The molecule has 15 heavy (non-hydrogen) atoms. The first-order valence-electron chi connectivity index (χ1n) is 4.96. The zero-order chi connectivity index (χ0) is 11.0. The molecule has 1 unspecified atom stereocenters. The number of halogens is 2. The Kier molecular flexibility index (Phi) is 3.51. The summed E-state index contributed by atoms with van der Waals surface area (Å²) in [6.45, 7) is 4.28. The van der Waals surface area contributed by atoms with Crippen molar-refractivity contribution in [3.8, 4) is 0 Å². The number of hydrogen-bond donors (Lipinski definition) is 1. The Hall–Kier alpha value is 0.110. The van der Waals surface area contributed by atoms with Crippen LogP contribution in [0.3, 0.4) is 0 Å². The van der Waals surface area contributed by atoms with Gasteiger partial charge in [-0.25, -0.2) is 0 Å². The molecule has 1 nitrogen and oxygen atoms in total. The Morgan fingerprint density at radius 1 is 1.33 bits per heavy atom. The highest BCUT2D eigenvalue weighted by atomic mass is 35.5. The van der Waals surface area contributed by atoms with Crippen LogP contribution in [0.5, 0.6) is 0 Å². The Morgan fingerprint density at radius 2 is 2.00 bits per heavy atom. The fraction of sp³-hybridized carbons (Fsp3) is 0.455. The molecule has 0 radical (unpaired) electrons. The molecule has 0 aromatic heterocycles. The molecule has 0 fully saturated rings. The van der Waals surface area contributed by atoms with Gasteiger partial charge in [0, 0.05) is 33.3 Å². The molecule has 0 amide bonds. The third kappa shape index (κ3) is 2.28. The molecule has 1 aromatic carbocycles. The van der Waals surface area contributed by atoms with E-state index in [1.54, 1.807) is 11.8 Å². The largest absolute Gasteiger partial charge is 0.307 e. The van der Waals surface area contributed by atoms with Gasteiger partial charge in [0.05, 0.1) is 5.02 Å². The Morgan fingerprint density at radius 3 is 2.67 bits per heavy atom. The minimum atomic E-state index is 0.330. The van der Waals surface area contributed by atoms with Crippen LogP contribution in [-0.4, -0.2) is 11.8 Å². The SMILES string of the molecule is CC(C)NC1CSc2c(Cl)ccc(Cl)c21. The predicted octanol–water partition coefficient (Wildman–Crippen LogP) is 4.14. The smallest absolute Gasteiger partial charge is 0.0546 e. The zero-order valence-corrected chi connectivity index (χ0v) is 11.0. The quantitative estimate of drug-likeness (QED) is 0.859. The highest BCUT2D eigenvalue weighted by Crippen LogP contribution is 2.45. The van der Waals surface area contributed by atoms with Crippen molar-refractivity contribution < 1.29 is 0 Å². The summed E-state index contributed by atoms with van der Waals surface area (Å²) in [6.07, 6.45) is 0. The number of rotatable bonds is 2. The van der Waals surface area contributed by atoms with Crippen LogP contribution in [0.1, 0.15) is 25.5 Å². The number of benzene rings is 1. The Labute approximate surface area is 105 Å². The van der Waals surface area contributed by atoms with Crippen molar-refractivity contribution in [3.63, 3.8) is 0 Å². The van der Waals surface area contributed by atoms with E-state index in [4.69, 9.17) is 23.2 Å². The molecule has 1 heterocycles. The first-order valence-corrected chi connectivity index (χ1v) is 6.70. The van der Waals surface area contributed by atoms with Gasteiger partial charge >= 0.3 is 0 Å². The molecule has 1 aromatic rings. The van der Waals surface area contributed by atoms with Crippen molar-refractivity contribution in [2.75, 3.05) is 5.75 Å². The molecule has 1 aliphatic heterocycles. The van der Waals surface area contributed by atoms with Gasteiger partial charge in [-0.15, -0.1) is 11.8 Å². The topological polar surface area (TPSA) is 12.0 Å². The molecule has 2 rings (SSSR count). The minimum Gasteiger partial charge on any atom is -0.307 e. The van der Waals surface area contributed by atoms with Crippen molar-refractivity contribution in [2.45, 2.75) is 30.8 Å². The van der Waals surface area contributed by atoms with Crippen LogP contribution in [0.4, 0.5) is 0 Å². The maximum absolute atomic E-state index is 6.21. The third-order valence-corrected chi connectivity index (χ3v) is 4.36. The first-order chi connectivity index (χ1) is 7.09. The van der Waals surface area contributed by atoms with Crippen molar-refractivity contribution in [1.29, 1.82) is 0 Å². The summed E-state index contributed by atoms with van der Waals surface area (Å²) in [5, 5.41) is 5.13. The standard InChI is InChI=1S/C11H13Cl2NS/c1-6(2)14-9-5-15-11-8(13)4-3-7(12)10(9)11/h3-4,6,9,14H,5H2,1-2H3. The molecular weight excluding hydrogens is 249 g/mol. The van der Waals surface area contributed by atoms with Crippen LogP contribution < -0.4 is 5.32 Å². The van der Waals surface area contributed by atoms with Gasteiger partial charge in [-0.1, -0.05) is 37.0 Å². The average molecular weight is 262 g/mol.